The third-order valence-corrected chi connectivity index (χ3v) is 6.42. The van der Waals surface area contributed by atoms with Gasteiger partial charge in [0.2, 0.25) is 11.7 Å². The van der Waals surface area contributed by atoms with Crippen molar-refractivity contribution < 1.29 is 28.6 Å². The van der Waals surface area contributed by atoms with E-state index in [9.17, 15) is 14.7 Å². The molecule has 37 heavy (non-hydrogen) atoms. The fraction of sp³-hybridized carbons (Fsp3) is 0.107. The highest BCUT2D eigenvalue weighted by atomic mass is 16.5. The van der Waals surface area contributed by atoms with E-state index in [1.807, 2.05) is 12.1 Å². The van der Waals surface area contributed by atoms with E-state index in [-0.39, 0.29) is 17.3 Å². The van der Waals surface area contributed by atoms with Crippen LogP contribution in [0, 0.1) is 0 Å². The molecular formula is C28H21N3O6. The number of anilines is 1. The predicted octanol–water partition coefficient (Wildman–Crippen LogP) is 5.11. The number of nitrogens with one attached hydrogen (secondary N) is 1. The van der Waals surface area contributed by atoms with Crippen molar-refractivity contribution in [3.05, 3.63) is 95.5 Å². The van der Waals surface area contributed by atoms with E-state index < -0.39 is 23.5 Å². The number of Topliss-reactive ketones (excluding diaryl/α,β-unsaturated/α-hetero) is 1. The van der Waals surface area contributed by atoms with Crippen molar-refractivity contribution in [1.82, 2.24) is 9.97 Å². The van der Waals surface area contributed by atoms with Gasteiger partial charge in [-0.3, -0.25) is 14.5 Å². The maximum Gasteiger partial charge on any atom is 0.296 e. The zero-order chi connectivity index (χ0) is 25.7. The lowest BCUT2D eigenvalue weighted by Gasteiger charge is -2.24. The van der Waals surface area contributed by atoms with Crippen LogP contribution in [0.4, 0.5) is 5.95 Å². The smallest absolute Gasteiger partial charge is 0.296 e. The Labute approximate surface area is 210 Å². The molecule has 5 aromatic rings. The molecule has 0 saturated carbocycles. The van der Waals surface area contributed by atoms with Gasteiger partial charge in [-0.05, 0) is 42.0 Å². The summed E-state index contributed by atoms with van der Waals surface area (Å²) in [7, 11) is 3.08. The van der Waals surface area contributed by atoms with Gasteiger partial charge in [0.05, 0.1) is 36.9 Å². The number of aromatic nitrogens is 2. The third-order valence-electron chi connectivity index (χ3n) is 6.42. The number of aliphatic hydroxyl groups is 1. The summed E-state index contributed by atoms with van der Waals surface area (Å²) >= 11 is 0. The summed E-state index contributed by atoms with van der Waals surface area (Å²) in [5, 5.41) is 11.8. The number of fused-ring (bicyclic) bond motifs is 2. The van der Waals surface area contributed by atoms with Crippen LogP contribution in [0.1, 0.15) is 22.2 Å². The molecule has 1 aliphatic heterocycles. The molecule has 184 valence electrons. The van der Waals surface area contributed by atoms with Crippen molar-refractivity contribution in [2.75, 3.05) is 19.1 Å². The molecule has 2 N–H and O–H groups in total. The summed E-state index contributed by atoms with van der Waals surface area (Å²) in [6, 6.07) is 20.0. The molecule has 0 bridgehead atoms. The van der Waals surface area contributed by atoms with Crippen molar-refractivity contribution in [2.24, 2.45) is 0 Å². The number of para-hydroxylation sites is 1. The van der Waals surface area contributed by atoms with Crippen LogP contribution in [-0.4, -0.2) is 41.0 Å². The summed E-state index contributed by atoms with van der Waals surface area (Å²) in [6.07, 6.45) is 0. The Balaban J connectivity index is 1.51. The minimum atomic E-state index is -0.995. The third kappa shape index (κ3) is 3.59. The fourth-order valence-electron chi connectivity index (χ4n) is 4.63. The van der Waals surface area contributed by atoms with Crippen LogP contribution < -0.4 is 14.4 Å². The first-order valence-corrected chi connectivity index (χ1v) is 11.5. The largest absolute Gasteiger partial charge is 0.503 e. The molecule has 1 unspecified atom stereocenters. The Kier molecular flexibility index (Phi) is 5.19. The molecule has 3 heterocycles. The fourth-order valence-corrected chi connectivity index (χ4v) is 4.63. The maximum atomic E-state index is 13.8. The van der Waals surface area contributed by atoms with E-state index >= 15 is 0 Å². The SMILES string of the molecule is COc1cccc(C2C(C(=O)c3cc4ccccc4o3)=C(O)C(=O)N2c2nc3ccc(OC)cc3[nH]2)c1. The van der Waals surface area contributed by atoms with Gasteiger partial charge in [-0.25, -0.2) is 4.98 Å². The molecule has 0 fully saturated rings. The van der Waals surface area contributed by atoms with Gasteiger partial charge >= 0.3 is 0 Å². The molecule has 9 nitrogen and oxygen atoms in total. The number of H-pyrrole nitrogens is 1. The van der Waals surface area contributed by atoms with Crippen molar-refractivity contribution >= 4 is 39.6 Å². The Bertz CT molecular complexity index is 1700. The molecular weight excluding hydrogens is 474 g/mol. The van der Waals surface area contributed by atoms with Crippen LogP contribution in [-0.2, 0) is 4.79 Å². The van der Waals surface area contributed by atoms with Crippen LogP contribution in [0.15, 0.2) is 88.5 Å². The molecule has 1 aliphatic rings. The second kappa shape index (κ2) is 8.56. The Morgan fingerprint density at radius 2 is 1.78 bits per heavy atom. The Morgan fingerprint density at radius 3 is 2.57 bits per heavy atom. The van der Waals surface area contributed by atoms with Crippen LogP contribution in [0.5, 0.6) is 11.5 Å². The van der Waals surface area contributed by atoms with Crippen molar-refractivity contribution in [3.63, 3.8) is 0 Å². The van der Waals surface area contributed by atoms with Gasteiger partial charge in [0.15, 0.2) is 11.5 Å². The first-order chi connectivity index (χ1) is 18.0. The number of carbonyl (C=O) groups is 2. The minimum absolute atomic E-state index is 0.0136. The highest BCUT2D eigenvalue weighted by Crippen LogP contribution is 2.42. The topological polar surface area (TPSA) is 118 Å². The number of methoxy groups -OCH3 is 2. The van der Waals surface area contributed by atoms with Crippen molar-refractivity contribution in [3.8, 4) is 11.5 Å². The lowest BCUT2D eigenvalue weighted by molar-refractivity contribution is -0.117. The normalized spacial score (nSPS) is 15.7. The standard InChI is InChI=1S/C28H21N3O6/c1-35-17-8-5-7-16(12-17)24-23(25(32)22-13-15-6-3-4-9-21(15)37-22)26(33)27(34)31(24)28-29-19-11-10-18(36-2)14-20(19)30-28/h3-14,24,33H,1-2H3,(H,29,30). The molecule has 9 heteroatoms. The van der Waals surface area contributed by atoms with Gasteiger partial charge in [0, 0.05) is 11.5 Å². The summed E-state index contributed by atoms with van der Waals surface area (Å²) in [5.74, 6) is -0.716. The van der Waals surface area contributed by atoms with Gasteiger partial charge in [-0.2, -0.15) is 0 Å². The van der Waals surface area contributed by atoms with Crippen LogP contribution in [0.2, 0.25) is 0 Å². The summed E-state index contributed by atoms with van der Waals surface area (Å²) < 4.78 is 16.5. The molecule has 2 aromatic heterocycles. The predicted molar refractivity (Wildman–Crippen MR) is 136 cm³/mol. The average molecular weight is 495 g/mol. The number of nitrogens with zero attached hydrogens (tertiary/aromatic N) is 2. The average Bonchev–Trinajstić information content (AvgIpc) is 3.62. The van der Waals surface area contributed by atoms with E-state index in [2.05, 4.69) is 9.97 Å². The van der Waals surface area contributed by atoms with Gasteiger partial charge in [0.25, 0.3) is 5.91 Å². The summed E-state index contributed by atoms with van der Waals surface area (Å²) in [5.41, 5.74) is 2.17. The van der Waals surface area contributed by atoms with E-state index in [1.165, 1.54) is 12.0 Å². The lowest BCUT2D eigenvalue weighted by atomic mass is 9.95. The Morgan fingerprint density at radius 1 is 1.00 bits per heavy atom. The monoisotopic (exact) mass is 495 g/mol. The summed E-state index contributed by atoms with van der Waals surface area (Å²) in [4.78, 5) is 36.2. The number of imidazole rings is 1. The number of aliphatic hydroxyl groups excluding tert-OH is 1. The molecule has 0 radical (unpaired) electrons. The first kappa shape index (κ1) is 22.4. The number of benzene rings is 3. The molecule has 0 aliphatic carbocycles. The number of ether oxygens (including phenoxy) is 2. The summed E-state index contributed by atoms with van der Waals surface area (Å²) in [6.45, 7) is 0. The minimum Gasteiger partial charge on any atom is -0.503 e. The number of aromatic amines is 1. The van der Waals surface area contributed by atoms with Gasteiger partial charge < -0.3 is 24.0 Å². The highest BCUT2D eigenvalue weighted by Gasteiger charge is 2.46. The first-order valence-electron chi connectivity index (χ1n) is 11.5. The second-order valence-electron chi connectivity index (χ2n) is 8.54. The number of hydrogen-bond donors (Lipinski definition) is 2. The Hall–Kier alpha value is -5.05. The van der Waals surface area contributed by atoms with Gasteiger partial charge in [0.1, 0.15) is 17.1 Å². The molecule has 6 rings (SSSR count). The molecule has 1 amide bonds. The van der Waals surface area contributed by atoms with Crippen LogP contribution in [0.3, 0.4) is 0 Å². The number of carbonyl (C=O) groups excluding carboxylic acids is 2. The number of furan rings is 1. The zero-order valence-corrected chi connectivity index (χ0v) is 19.9. The number of amides is 1. The van der Waals surface area contributed by atoms with Gasteiger partial charge in [-0.15, -0.1) is 0 Å². The van der Waals surface area contributed by atoms with Crippen LogP contribution >= 0.6 is 0 Å². The number of ketones is 1. The molecule has 1 atom stereocenters. The van der Waals surface area contributed by atoms with E-state index in [0.29, 0.717) is 33.7 Å². The van der Waals surface area contributed by atoms with Crippen molar-refractivity contribution in [2.45, 2.75) is 6.04 Å². The lowest BCUT2D eigenvalue weighted by Crippen LogP contribution is -2.32. The maximum absolute atomic E-state index is 13.8. The number of hydrogen-bond acceptors (Lipinski definition) is 7. The van der Waals surface area contributed by atoms with E-state index in [0.717, 1.165) is 5.39 Å². The van der Waals surface area contributed by atoms with E-state index in [1.54, 1.807) is 67.8 Å². The van der Waals surface area contributed by atoms with Crippen molar-refractivity contribution in [1.29, 1.82) is 0 Å². The quantitative estimate of drug-likeness (QED) is 0.314. The van der Waals surface area contributed by atoms with Gasteiger partial charge in [-0.1, -0.05) is 30.3 Å². The van der Waals surface area contributed by atoms with Crippen LogP contribution in [0.25, 0.3) is 22.0 Å². The number of rotatable bonds is 6. The molecule has 0 spiro atoms. The highest BCUT2D eigenvalue weighted by molar-refractivity contribution is 6.20. The molecule has 3 aromatic carbocycles. The zero-order valence-electron chi connectivity index (χ0n) is 19.9. The van der Waals surface area contributed by atoms with E-state index in [4.69, 9.17) is 13.9 Å². The molecule has 0 saturated heterocycles. The second-order valence-corrected chi connectivity index (χ2v) is 8.54.